The van der Waals surface area contributed by atoms with Crippen molar-refractivity contribution in [3.8, 4) is 0 Å². The molecule has 0 spiro atoms. The van der Waals surface area contributed by atoms with E-state index in [0.717, 1.165) is 11.8 Å². The molecule has 1 fully saturated rings. The lowest BCUT2D eigenvalue weighted by atomic mass is 10.2. The number of fused-ring (bicyclic) bond motifs is 1. The summed E-state index contributed by atoms with van der Waals surface area (Å²) < 4.78 is 6.83. The molecule has 142 valence electrons. The monoisotopic (exact) mass is 406 g/mol. The maximum atomic E-state index is 12.9. The fourth-order valence-corrected chi connectivity index (χ4v) is 3.84. The number of ether oxygens (including phenoxy) is 1. The van der Waals surface area contributed by atoms with Crippen molar-refractivity contribution in [1.82, 2.24) is 14.3 Å². The first-order valence-electron chi connectivity index (χ1n) is 8.17. The summed E-state index contributed by atoms with van der Waals surface area (Å²) in [5.41, 5.74) is 0.385. The number of rotatable bonds is 7. The van der Waals surface area contributed by atoms with Crippen LogP contribution in [0, 0.1) is 0 Å². The summed E-state index contributed by atoms with van der Waals surface area (Å²) in [7, 11) is 1.55. The fraction of sp³-hybridized carbons (Fsp3) is 0.294. The van der Waals surface area contributed by atoms with Gasteiger partial charge >= 0.3 is 0 Å². The zero-order chi connectivity index (χ0) is 19.4. The van der Waals surface area contributed by atoms with E-state index < -0.39 is 0 Å². The molecule has 2 aromatic rings. The zero-order valence-corrected chi connectivity index (χ0v) is 16.2. The average molecular weight is 406 g/mol. The number of anilines is 1. The number of carbonyl (C=O) groups excluding carboxylic acids is 1. The van der Waals surface area contributed by atoms with Crippen LogP contribution in [0.15, 0.2) is 34.1 Å². The van der Waals surface area contributed by atoms with Crippen molar-refractivity contribution < 1.29 is 14.6 Å². The molecule has 27 heavy (non-hydrogen) atoms. The molecule has 1 aliphatic rings. The fourth-order valence-electron chi connectivity index (χ4n) is 2.55. The minimum absolute atomic E-state index is 0.117. The van der Waals surface area contributed by atoms with E-state index in [1.54, 1.807) is 31.5 Å². The van der Waals surface area contributed by atoms with Crippen molar-refractivity contribution in [3.63, 3.8) is 0 Å². The minimum Gasteiger partial charge on any atom is -0.395 e. The second-order valence-electron chi connectivity index (χ2n) is 5.58. The van der Waals surface area contributed by atoms with Crippen LogP contribution in [0.4, 0.5) is 5.82 Å². The molecule has 8 nitrogen and oxygen atoms in total. The zero-order valence-electron chi connectivity index (χ0n) is 14.5. The van der Waals surface area contributed by atoms with Crippen molar-refractivity contribution in [2.24, 2.45) is 0 Å². The number of hydrogen-bond acceptors (Lipinski definition) is 8. The first kappa shape index (κ1) is 19.5. The second kappa shape index (κ2) is 8.61. The van der Waals surface area contributed by atoms with Crippen LogP contribution in [0.3, 0.4) is 0 Å². The normalized spacial score (nSPS) is 15.9. The predicted octanol–water partition coefficient (Wildman–Crippen LogP) is 0.946. The number of nitrogens with zero attached hydrogens (tertiary/aromatic N) is 3. The Morgan fingerprint density at radius 3 is 2.96 bits per heavy atom. The number of amides is 1. The highest BCUT2D eigenvalue weighted by Crippen LogP contribution is 2.32. The molecule has 2 aromatic heterocycles. The Bertz CT molecular complexity index is 973. The van der Waals surface area contributed by atoms with Crippen molar-refractivity contribution in [3.05, 3.63) is 45.2 Å². The van der Waals surface area contributed by atoms with Crippen LogP contribution < -0.4 is 10.9 Å². The van der Waals surface area contributed by atoms with Gasteiger partial charge < -0.3 is 15.2 Å². The maximum Gasteiger partial charge on any atom is 0.267 e. The van der Waals surface area contributed by atoms with Gasteiger partial charge in [0.15, 0.2) is 0 Å². The van der Waals surface area contributed by atoms with E-state index in [0.29, 0.717) is 33.8 Å². The van der Waals surface area contributed by atoms with E-state index in [-0.39, 0.29) is 30.2 Å². The van der Waals surface area contributed by atoms with Gasteiger partial charge in [0.2, 0.25) is 0 Å². The molecule has 0 radical (unpaired) electrons. The number of methoxy groups -OCH3 is 1. The van der Waals surface area contributed by atoms with E-state index in [9.17, 15) is 9.59 Å². The molecule has 3 rings (SSSR count). The van der Waals surface area contributed by atoms with E-state index in [4.69, 9.17) is 22.1 Å². The van der Waals surface area contributed by atoms with Gasteiger partial charge in [-0.05, 0) is 18.2 Å². The lowest BCUT2D eigenvalue weighted by Crippen LogP contribution is -2.31. The standard InChI is InChI=1S/C17H18N4O4S2/c1-25-9-7-21-16(24)12(27-17(21)26)10-11-14(18-5-8-22)19-13-4-2-3-6-20(13)15(11)23/h2-4,6,10,18,22H,5,7-9H2,1H3/b12-10-. The molecule has 0 aliphatic carbocycles. The third-order valence-electron chi connectivity index (χ3n) is 3.84. The van der Waals surface area contributed by atoms with Gasteiger partial charge in [-0.1, -0.05) is 30.0 Å². The Morgan fingerprint density at radius 1 is 1.41 bits per heavy atom. The highest BCUT2D eigenvalue weighted by atomic mass is 32.2. The molecule has 0 unspecified atom stereocenters. The molecule has 2 N–H and O–H groups in total. The van der Waals surface area contributed by atoms with Crippen LogP contribution >= 0.6 is 24.0 Å². The Morgan fingerprint density at radius 2 is 2.22 bits per heavy atom. The van der Waals surface area contributed by atoms with Crippen molar-refractivity contribution in [2.45, 2.75) is 0 Å². The number of nitrogens with one attached hydrogen (secondary N) is 1. The summed E-state index contributed by atoms with van der Waals surface area (Å²) >= 11 is 6.39. The Hall–Kier alpha value is -2.27. The van der Waals surface area contributed by atoms with Crippen molar-refractivity contribution in [2.75, 3.05) is 38.7 Å². The van der Waals surface area contributed by atoms with E-state index in [1.807, 2.05) is 0 Å². The van der Waals surface area contributed by atoms with Gasteiger partial charge in [0.05, 0.1) is 30.2 Å². The highest BCUT2D eigenvalue weighted by Gasteiger charge is 2.32. The number of hydrogen-bond donors (Lipinski definition) is 2. The Balaban J connectivity index is 2.06. The maximum absolute atomic E-state index is 12.9. The number of aliphatic hydroxyl groups is 1. The molecule has 3 heterocycles. The first-order valence-corrected chi connectivity index (χ1v) is 9.39. The number of thioether (sulfide) groups is 1. The molecule has 1 aliphatic heterocycles. The Kier molecular flexibility index (Phi) is 6.22. The van der Waals surface area contributed by atoms with Gasteiger partial charge in [0.1, 0.15) is 15.8 Å². The van der Waals surface area contributed by atoms with Crippen LogP contribution in [0.1, 0.15) is 5.56 Å². The predicted molar refractivity (Wildman–Crippen MR) is 109 cm³/mol. The van der Waals surface area contributed by atoms with Crippen LogP contribution in [0.5, 0.6) is 0 Å². The van der Waals surface area contributed by atoms with Gasteiger partial charge in [0.25, 0.3) is 11.5 Å². The van der Waals surface area contributed by atoms with Gasteiger partial charge in [-0.15, -0.1) is 0 Å². The van der Waals surface area contributed by atoms with Crippen LogP contribution in [-0.4, -0.2) is 63.0 Å². The number of carbonyl (C=O) groups is 1. The summed E-state index contributed by atoms with van der Waals surface area (Å²) in [4.78, 5) is 31.8. The lowest BCUT2D eigenvalue weighted by Gasteiger charge is -2.13. The molecule has 0 atom stereocenters. The van der Waals surface area contributed by atoms with Crippen molar-refractivity contribution in [1.29, 1.82) is 0 Å². The summed E-state index contributed by atoms with van der Waals surface area (Å²) in [5, 5.41) is 12.0. The smallest absolute Gasteiger partial charge is 0.267 e. The molecule has 10 heteroatoms. The quantitative estimate of drug-likeness (QED) is 0.518. The lowest BCUT2D eigenvalue weighted by molar-refractivity contribution is -0.122. The number of aliphatic hydroxyl groups excluding tert-OH is 1. The van der Waals surface area contributed by atoms with E-state index in [2.05, 4.69) is 10.3 Å². The van der Waals surface area contributed by atoms with E-state index in [1.165, 1.54) is 15.4 Å². The number of thiocarbonyl (C=S) groups is 1. The molecular formula is C17H18N4O4S2. The van der Waals surface area contributed by atoms with Gasteiger partial charge in [0, 0.05) is 19.9 Å². The molecular weight excluding hydrogens is 388 g/mol. The van der Waals surface area contributed by atoms with Crippen LogP contribution in [0.25, 0.3) is 11.7 Å². The van der Waals surface area contributed by atoms with Gasteiger partial charge in [-0.3, -0.25) is 18.9 Å². The third-order valence-corrected chi connectivity index (χ3v) is 5.22. The van der Waals surface area contributed by atoms with Gasteiger partial charge in [-0.2, -0.15) is 0 Å². The van der Waals surface area contributed by atoms with Crippen LogP contribution in [-0.2, 0) is 9.53 Å². The molecule has 1 saturated heterocycles. The van der Waals surface area contributed by atoms with Crippen molar-refractivity contribution >= 4 is 51.7 Å². The molecule has 1 amide bonds. The summed E-state index contributed by atoms with van der Waals surface area (Å²) in [5.74, 6) is 0.0372. The summed E-state index contributed by atoms with van der Waals surface area (Å²) in [6.07, 6.45) is 3.11. The van der Waals surface area contributed by atoms with E-state index >= 15 is 0 Å². The SMILES string of the molecule is COCCN1C(=O)/C(=C/c2c(NCCO)nc3ccccn3c2=O)SC1=S. The largest absolute Gasteiger partial charge is 0.395 e. The molecule has 0 saturated carbocycles. The average Bonchev–Trinajstić information content (AvgIpc) is 2.94. The molecule has 0 aromatic carbocycles. The first-order chi connectivity index (χ1) is 13.1. The van der Waals surface area contributed by atoms with Gasteiger partial charge in [-0.25, -0.2) is 4.98 Å². The summed E-state index contributed by atoms with van der Waals surface area (Å²) in [6, 6.07) is 5.21. The third kappa shape index (κ3) is 4.03. The van der Waals surface area contributed by atoms with Crippen LogP contribution in [0.2, 0.25) is 0 Å². The highest BCUT2D eigenvalue weighted by molar-refractivity contribution is 8.26. The Labute approximate surface area is 164 Å². The topological polar surface area (TPSA) is 96.2 Å². The minimum atomic E-state index is -0.316. The second-order valence-corrected chi connectivity index (χ2v) is 7.26. The molecule has 0 bridgehead atoms. The number of aromatic nitrogens is 2. The summed E-state index contributed by atoms with van der Waals surface area (Å²) in [6.45, 7) is 0.825. The number of pyridine rings is 1.